The van der Waals surface area contributed by atoms with E-state index in [4.69, 9.17) is 30.8 Å². The van der Waals surface area contributed by atoms with Crippen LogP contribution in [0.3, 0.4) is 0 Å². The van der Waals surface area contributed by atoms with Crippen LogP contribution in [-0.2, 0) is 29.2 Å². The molecule has 0 amide bonds. The van der Waals surface area contributed by atoms with Gasteiger partial charge in [0.2, 0.25) is 0 Å². The van der Waals surface area contributed by atoms with Crippen molar-refractivity contribution in [2.24, 2.45) is 11.5 Å². The van der Waals surface area contributed by atoms with E-state index in [1.807, 2.05) is 0 Å². The second-order valence-corrected chi connectivity index (χ2v) is 15.4. The lowest BCUT2D eigenvalue weighted by atomic mass is 10.2. The van der Waals surface area contributed by atoms with E-state index < -0.39 is 71.4 Å². The second-order valence-electron chi connectivity index (χ2n) is 8.73. The van der Waals surface area contributed by atoms with E-state index in [1.54, 1.807) is 4.72 Å². The molecule has 0 aliphatic rings. The molecule has 0 radical (unpaired) electrons. The Kier molecular flexibility index (Phi) is 12.8. The van der Waals surface area contributed by atoms with Gasteiger partial charge in [-0.25, -0.2) is 26.0 Å². The average molecular weight is 766 g/mol. The summed E-state index contributed by atoms with van der Waals surface area (Å²) in [5, 5.41) is 7.46. The zero-order valence-electron chi connectivity index (χ0n) is 22.9. The molecule has 3 aromatic rings. The topological polar surface area (TPSA) is 246 Å². The molecule has 0 saturated heterocycles. The largest absolute Gasteiger partial charge is 0.502 e. The number of nitrogens with one attached hydrogen (secondary N) is 1. The van der Waals surface area contributed by atoms with E-state index in [0.717, 1.165) is 6.07 Å². The average Bonchev–Trinajstić information content (AvgIpc) is 3.35. The highest BCUT2D eigenvalue weighted by atomic mass is 32.2. The van der Waals surface area contributed by atoms with Crippen LogP contribution in [0.15, 0.2) is 45.5 Å². The Morgan fingerprint density at radius 3 is 1.87 bits per heavy atom. The molecule has 1 aromatic heterocycles. The summed E-state index contributed by atoms with van der Waals surface area (Å²) in [6.07, 6.45) is -5.08. The Labute approximate surface area is 264 Å². The highest BCUT2D eigenvalue weighted by Crippen LogP contribution is 2.51. The van der Waals surface area contributed by atoms with Crippen LogP contribution in [0.25, 0.3) is 10.1 Å². The number of alkyl halides is 6. The number of carboxylic acids is 1. The molecule has 0 bridgehead atoms. The van der Waals surface area contributed by atoms with Gasteiger partial charge in [0, 0.05) is 23.9 Å². The number of benzene rings is 2. The predicted molar refractivity (Wildman–Crippen MR) is 149 cm³/mol. The van der Waals surface area contributed by atoms with Gasteiger partial charge < -0.3 is 35.8 Å². The molecule has 0 aliphatic carbocycles. The quantitative estimate of drug-likeness (QED) is 0.115. The minimum Gasteiger partial charge on any atom is -0.488 e. The number of hydrogen-bond acceptors (Lipinski definition) is 11. The van der Waals surface area contributed by atoms with Gasteiger partial charge in [-0.15, -0.1) is 11.3 Å². The third-order valence-corrected chi connectivity index (χ3v) is 11.1. The summed E-state index contributed by atoms with van der Waals surface area (Å²) in [7, 11) is -16.4. The van der Waals surface area contributed by atoms with Crippen molar-refractivity contribution in [3.63, 3.8) is 0 Å². The number of halogens is 7. The van der Waals surface area contributed by atoms with Crippen LogP contribution in [0.4, 0.5) is 30.7 Å². The van der Waals surface area contributed by atoms with Gasteiger partial charge >= 0.3 is 25.2 Å². The maximum atomic E-state index is 14.4. The number of carboxylic acid groups (broad SMARTS) is 1. The van der Waals surface area contributed by atoms with Gasteiger partial charge in [0.05, 0.1) is 0 Å². The fourth-order valence-electron chi connectivity index (χ4n) is 3.28. The summed E-state index contributed by atoms with van der Waals surface area (Å²) >= 11 is 0.671. The van der Waals surface area contributed by atoms with Gasteiger partial charge in [0.25, 0.3) is 19.9 Å². The van der Waals surface area contributed by atoms with E-state index in [1.165, 1.54) is 12.1 Å². The highest BCUT2D eigenvalue weighted by Gasteiger charge is 2.48. The van der Waals surface area contributed by atoms with Gasteiger partial charge in [-0.05, 0) is 35.2 Å². The summed E-state index contributed by atoms with van der Waals surface area (Å²) in [5.41, 5.74) is 4.22. The Morgan fingerprint density at radius 2 is 1.45 bits per heavy atom. The zero-order valence-corrected chi connectivity index (χ0v) is 26.3. The molecule has 1 atom stereocenters. The van der Waals surface area contributed by atoms with Crippen molar-refractivity contribution in [3.05, 3.63) is 47.8 Å². The molecule has 0 saturated carbocycles. The fourth-order valence-corrected chi connectivity index (χ4v) is 8.10. The number of thiophene rings is 1. The van der Waals surface area contributed by atoms with Crippen LogP contribution in [0.1, 0.15) is 11.3 Å². The van der Waals surface area contributed by atoms with Crippen molar-refractivity contribution in [3.8, 4) is 11.5 Å². The fraction of sp³-hybridized carbons (Fsp3) is 0.318. The molecular weight excluding hydrogens is 742 g/mol. The molecule has 2 aromatic carbocycles. The van der Waals surface area contributed by atoms with Crippen molar-refractivity contribution < 1.29 is 81.3 Å². The molecule has 0 fully saturated rings. The van der Waals surface area contributed by atoms with Crippen LogP contribution in [0, 0.1) is 5.82 Å². The van der Waals surface area contributed by atoms with Gasteiger partial charge in [-0.2, -0.15) is 31.1 Å². The number of sulfonamides is 1. The van der Waals surface area contributed by atoms with E-state index in [0.29, 0.717) is 27.5 Å². The first kappa shape index (κ1) is 40.1. The van der Waals surface area contributed by atoms with E-state index in [2.05, 4.69) is 0 Å². The summed E-state index contributed by atoms with van der Waals surface area (Å²) < 4.78 is 159. The Balaban J connectivity index is 0.000000984. The number of carbonyl (C=O) groups is 1. The molecule has 0 spiro atoms. The number of fused-ring (bicyclic) bond motifs is 1. The molecule has 1 unspecified atom stereocenters. The maximum absolute atomic E-state index is 14.4. The number of hydrogen-bond donors (Lipinski definition) is 6. The van der Waals surface area contributed by atoms with E-state index in [9.17, 15) is 61.9 Å². The first-order valence-corrected chi connectivity index (χ1v) is 17.5. The molecule has 1 heterocycles. The summed E-state index contributed by atoms with van der Waals surface area (Å²) in [5.74, 6) is -6.79. The lowest BCUT2D eigenvalue weighted by Crippen LogP contribution is -2.29. The van der Waals surface area contributed by atoms with Crippen molar-refractivity contribution >= 4 is 54.8 Å². The van der Waals surface area contributed by atoms with E-state index in [-0.39, 0.29) is 49.9 Å². The first-order valence-electron chi connectivity index (χ1n) is 12.1. The molecule has 14 nitrogen and oxygen atoms in total. The Morgan fingerprint density at radius 1 is 0.936 bits per heavy atom. The van der Waals surface area contributed by atoms with Crippen LogP contribution >= 0.6 is 18.9 Å². The van der Waals surface area contributed by atoms with Gasteiger partial charge in [0.1, 0.15) is 33.9 Å². The van der Waals surface area contributed by atoms with Crippen LogP contribution in [0.5, 0.6) is 11.5 Å². The standard InChI is InChI=1S/C20H22F4N3O9PS3.C2HF3O2/c21-13-7-11(1-2-17(13)39(31,32)20(22,23)24)19(37(28,29)30)27-40(33,34)18-9-12-8-14(35-5-3-25)15(36-6-4-26)10-16(12)38-18;3-2(4,5)1(6)7/h1-2,7-10,19,27H,3-6,25-26H2,(H2,28,29,30);(H,6,7). The van der Waals surface area contributed by atoms with Crippen LogP contribution in [0.2, 0.25) is 0 Å². The minimum absolute atomic E-state index is 0.0952. The lowest BCUT2D eigenvalue weighted by Gasteiger charge is -2.20. The molecule has 47 heavy (non-hydrogen) atoms. The molecule has 8 N–H and O–H groups in total. The van der Waals surface area contributed by atoms with Crippen molar-refractivity contribution in [2.45, 2.75) is 26.6 Å². The van der Waals surface area contributed by atoms with E-state index >= 15 is 0 Å². The SMILES string of the molecule is NCCOc1cc2cc(S(=O)(=O)NC(c3ccc(S(=O)(=O)C(F)(F)F)c(F)c3)P(=O)(O)O)sc2cc1OCCN.O=C(O)C(F)(F)F. The number of sulfone groups is 1. The number of aliphatic carboxylic acids is 1. The summed E-state index contributed by atoms with van der Waals surface area (Å²) in [6.45, 7) is 0.530. The van der Waals surface area contributed by atoms with Crippen LogP contribution < -0.4 is 25.7 Å². The van der Waals surface area contributed by atoms with Crippen LogP contribution in [-0.4, -0.2) is 75.7 Å². The van der Waals surface area contributed by atoms with Crippen molar-refractivity contribution in [2.75, 3.05) is 26.3 Å². The second kappa shape index (κ2) is 15.0. The van der Waals surface area contributed by atoms with Gasteiger partial charge in [0.15, 0.2) is 11.5 Å². The molecule has 0 aliphatic heterocycles. The summed E-state index contributed by atoms with van der Waals surface area (Å²) in [6, 6.07) is 4.74. The Bertz CT molecular complexity index is 1820. The lowest BCUT2D eigenvalue weighted by molar-refractivity contribution is -0.192. The number of nitrogens with two attached hydrogens (primary N) is 2. The highest BCUT2D eigenvalue weighted by molar-refractivity contribution is 7.92. The first-order chi connectivity index (χ1) is 21.4. The maximum Gasteiger partial charge on any atom is 0.502 e. The van der Waals surface area contributed by atoms with Gasteiger partial charge in [-0.3, -0.25) is 4.57 Å². The molecular formula is C22H23F7N3O11PS3. The number of ether oxygens (including phenoxy) is 2. The molecule has 25 heteroatoms. The third-order valence-electron chi connectivity index (χ3n) is 5.29. The van der Waals surface area contributed by atoms with Crippen molar-refractivity contribution in [1.29, 1.82) is 0 Å². The monoisotopic (exact) mass is 765 g/mol. The predicted octanol–water partition coefficient (Wildman–Crippen LogP) is 2.80. The minimum atomic E-state index is -6.14. The summed E-state index contributed by atoms with van der Waals surface area (Å²) in [4.78, 5) is 26.7. The molecule has 3 rings (SSSR count). The normalized spacial score (nSPS) is 13.5. The van der Waals surface area contributed by atoms with Crippen molar-refractivity contribution in [1.82, 2.24) is 4.72 Å². The smallest absolute Gasteiger partial charge is 0.488 e. The molecule has 264 valence electrons. The van der Waals surface area contributed by atoms with Gasteiger partial charge in [-0.1, -0.05) is 6.07 Å². The zero-order chi connectivity index (χ0) is 36.2. The third kappa shape index (κ3) is 10.2. The Hall–Kier alpha value is -3.09. The number of rotatable bonds is 12.